The predicted molar refractivity (Wildman–Crippen MR) is 53.0 cm³/mol. The highest BCUT2D eigenvalue weighted by Gasteiger charge is 2.17. The third kappa shape index (κ3) is 1.87. The number of aromatic nitrogens is 2. The summed E-state index contributed by atoms with van der Waals surface area (Å²) in [6, 6.07) is 0.443. The van der Waals surface area contributed by atoms with Crippen LogP contribution in [0.25, 0.3) is 0 Å². The van der Waals surface area contributed by atoms with E-state index in [2.05, 4.69) is 15.1 Å². The van der Waals surface area contributed by atoms with Crippen molar-refractivity contribution in [3.05, 3.63) is 5.89 Å². The molecule has 2 rings (SSSR count). The van der Waals surface area contributed by atoms with E-state index in [4.69, 9.17) is 10.2 Å². The lowest BCUT2D eigenvalue weighted by Crippen LogP contribution is -2.29. The Labute approximate surface area is 83.3 Å². The van der Waals surface area contributed by atoms with Gasteiger partial charge in [0.25, 0.3) is 0 Å². The molecule has 0 saturated carbocycles. The Hall–Kier alpha value is -1.10. The molecule has 5 heteroatoms. The van der Waals surface area contributed by atoms with E-state index in [9.17, 15) is 0 Å². The Balaban J connectivity index is 2.07. The van der Waals surface area contributed by atoms with Crippen LogP contribution < -0.4 is 10.6 Å². The second-order valence-corrected chi connectivity index (χ2v) is 3.76. The largest absolute Gasteiger partial charge is 0.406 e. The third-order valence-corrected chi connectivity index (χ3v) is 2.45. The van der Waals surface area contributed by atoms with E-state index in [0.717, 1.165) is 13.1 Å². The van der Waals surface area contributed by atoms with Gasteiger partial charge < -0.3 is 15.1 Å². The highest BCUT2D eigenvalue weighted by molar-refractivity contribution is 5.24. The summed E-state index contributed by atoms with van der Waals surface area (Å²) < 4.78 is 5.46. The van der Waals surface area contributed by atoms with Crippen LogP contribution >= 0.6 is 0 Å². The lowest BCUT2D eigenvalue weighted by Gasteiger charge is -2.24. The summed E-state index contributed by atoms with van der Waals surface area (Å²) in [6.45, 7) is 3.87. The monoisotopic (exact) mass is 196 g/mol. The van der Waals surface area contributed by atoms with Gasteiger partial charge in [-0.1, -0.05) is 5.10 Å². The highest BCUT2D eigenvalue weighted by Crippen LogP contribution is 2.19. The fourth-order valence-electron chi connectivity index (χ4n) is 1.62. The summed E-state index contributed by atoms with van der Waals surface area (Å²) in [5.41, 5.74) is 5.64. The molecule has 1 atom stereocenters. The third-order valence-electron chi connectivity index (χ3n) is 2.45. The maximum atomic E-state index is 5.64. The quantitative estimate of drug-likeness (QED) is 0.766. The predicted octanol–water partition coefficient (Wildman–Crippen LogP) is 1.08. The molecule has 0 amide bonds. The molecule has 1 aromatic rings. The number of nitrogens with two attached hydrogens (primary N) is 1. The number of hydrogen-bond donors (Lipinski definition) is 1. The van der Waals surface area contributed by atoms with Crippen molar-refractivity contribution in [2.75, 3.05) is 18.0 Å². The summed E-state index contributed by atoms with van der Waals surface area (Å²) in [4.78, 5) is 2.13. The Morgan fingerprint density at radius 2 is 2.00 bits per heavy atom. The lowest BCUT2D eigenvalue weighted by atomic mass is 10.1. The van der Waals surface area contributed by atoms with Gasteiger partial charge >= 0.3 is 6.01 Å². The van der Waals surface area contributed by atoms with Crippen LogP contribution in [0.2, 0.25) is 0 Å². The van der Waals surface area contributed by atoms with Crippen molar-refractivity contribution in [3.63, 3.8) is 0 Å². The van der Waals surface area contributed by atoms with Crippen molar-refractivity contribution in [2.45, 2.75) is 32.2 Å². The van der Waals surface area contributed by atoms with Crippen molar-refractivity contribution in [2.24, 2.45) is 5.73 Å². The molecule has 0 spiro atoms. The molecule has 78 valence electrons. The minimum Gasteiger partial charge on any atom is -0.406 e. The molecule has 0 aliphatic carbocycles. The Morgan fingerprint density at radius 3 is 2.57 bits per heavy atom. The van der Waals surface area contributed by atoms with Gasteiger partial charge in [-0.25, -0.2) is 0 Å². The van der Waals surface area contributed by atoms with Crippen molar-refractivity contribution in [1.29, 1.82) is 0 Å². The zero-order valence-corrected chi connectivity index (χ0v) is 8.44. The molecular weight excluding hydrogens is 180 g/mol. The van der Waals surface area contributed by atoms with Gasteiger partial charge in [-0.05, 0) is 26.2 Å². The molecule has 1 fully saturated rings. The van der Waals surface area contributed by atoms with Crippen LogP contribution in [0, 0.1) is 0 Å². The van der Waals surface area contributed by atoms with Gasteiger partial charge in [0.1, 0.15) is 0 Å². The fraction of sp³-hybridized carbons (Fsp3) is 0.778. The van der Waals surface area contributed by atoms with Crippen molar-refractivity contribution < 1.29 is 4.42 Å². The van der Waals surface area contributed by atoms with Crippen LogP contribution in [-0.4, -0.2) is 23.3 Å². The van der Waals surface area contributed by atoms with Gasteiger partial charge in [-0.2, -0.15) is 0 Å². The molecule has 1 saturated heterocycles. The highest BCUT2D eigenvalue weighted by atomic mass is 16.4. The lowest BCUT2D eigenvalue weighted by molar-refractivity contribution is 0.441. The standard InChI is InChI=1S/C9H16N4O/c1-7(10)8-11-12-9(14-8)13-5-3-2-4-6-13/h7H,2-6,10H2,1H3. The zero-order valence-electron chi connectivity index (χ0n) is 8.44. The van der Waals surface area contributed by atoms with E-state index < -0.39 is 0 Å². The molecule has 1 aliphatic heterocycles. The molecule has 1 aromatic heterocycles. The molecule has 2 N–H and O–H groups in total. The van der Waals surface area contributed by atoms with E-state index in [1.807, 2.05) is 6.92 Å². The maximum Gasteiger partial charge on any atom is 0.318 e. The van der Waals surface area contributed by atoms with Crippen LogP contribution in [0.1, 0.15) is 38.1 Å². The summed E-state index contributed by atoms with van der Waals surface area (Å²) in [5, 5.41) is 7.90. The molecule has 0 aromatic carbocycles. The Morgan fingerprint density at radius 1 is 1.29 bits per heavy atom. The minimum absolute atomic E-state index is 0.180. The molecule has 2 heterocycles. The fourth-order valence-corrected chi connectivity index (χ4v) is 1.62. The van der Waals surface area contributed by atoms with E-state index in [1.165, 1.54) is 19.3 Å². The smallest absolute Gasteiger partial charge is 0.318 e. The first-order valence-electron chi connectivity index (χ1n) is 5.11. The van der Waals surface area contributed by atoms with Crippen LogP contribution in [0.3, 0.4) is 0 Å². The van der Waals surface area contributed by atoms with Gasteiger partial charge in [0.15, 0.2) is 0 Å². The first-order chi connectivity index (χ1) is 6.77. The molecule has 0 bridgehead atoms. The van der Waals surface area contributed by atoms with Crippen molar-refractivity contribution in [1.82, 2.24) is 10.2 Å². The normalized spacial score (nSPS) is 19.7. The number of anilines is 1. The van der Waals surface area contributed by atoms with Crippen molar-refractivity contribution >= 4 is 6.01 Å². The second-order valence-electron chi connectivity index (χ2n) is 3.76. The molecule has 5 nitrogen and oxygen atoms in total. The SMILES string of the molecule is CC(N)c1nnc(N2CCCCC2)o1. The number of rotatable bonds is 2. The topological polar surface area (TPSA) is 68.2 Å². The second kappa shape index (κ2) is 3.96. The molecule has 1 aliphatic rings. The number of hydrogen-bond acceptors (Lipinski definition) is 5. The molecule has 1 unspecified atom stereocenters. The minimum atomic E-state index is -0.180. The van der Waals surface area contributed by atoms with Gasteiger partial charge in [0.2, 0.25) is 5.89 Å². The summed E-state index contributed by atoms with van der Waals surface area (Å²) in [5.74, 6) is 0.519. The molecular formula is C9H16N4O. The van der Waals surface area contributed by atoms with E-state index in [1.54, 1.807) is 0 Å². The van der Waals surface area contributed by atoms with Gasteiger partial charge in [-0.15, -0.1) is 5.10 Å². The average molecular weight is 196 g/mol. The first-order valence-corrected chi connectivity index (χ1v) is 5.11. The van der Waals surface area contributed by atoms with E-state index in [-0.39, 0.29) is 6.04 Å². The van der Waals surface area contributed by atoms with Gasteiger partial charge in [0, 0.05) is 13.1 Å². The van der Waals surface area contributed by atoms with E-state index >= 15 is 0 Å². The maximum absolute atomic E-state index is 5.64. The average Bonchev–Trinajstić information content (AvgIpc) is 2.68. The molecule has 14 heavy (non-hydrogen) atoms. The van der Waals surface area contributed by atoms with Crippen LogP contribution in [-0.2, 0) is 0 Å². The summed E-state index contributed by atoms with van der Waals surface area (Å²) >= 11 is 0. The van der Waals surface area contributed by atoms with Gasteiger partial charge in [0.05, 0.1) is 6.04 Å². The van der Waals surface area contributed by atoms with Gasteiger partial charge in [-0.3, -0.25) is 0 Å². The van der Waals surface area contributed by atoms with Crippen LogP contribution in [0.15, 0.2) is 4.42 Å². The zero-order chi connectivity index (χ0) is 9.97. The van der Waals surface area contributed by atoms with E-state index in [0.29, 0.717) is 11.9 Å². The Bertz CT molecular complexity index is 291. The van der Waals surface area contributed by atoms with Crippen LogP contribution in [0.5, 0.6) is 0 Å². The first kappa shape index (κ1) is 9.45. The number of nitrogens with zero attached hydrogens (tertiary/aromatic N) is 3. The summed E-state index contributed by atoms with van der Waals surface area (Å²) in [6.07, 6.45) is 3.70. The molecule has 0 radical (unpaired) electrons. The van der Waals surface area contributed by atoms with Crippen LogP contribution in [0.4, 0.5) is 6.01 Å². The Kier molecular flexibility index (Phi) is 2.67. The number of piperidine rings is 1. The van der Waals surface area contributed by atoms with Crippen molar-refractivity contribution in [3.8, 4) is 0 Å². The summed E-state index contributed by atoms with van der Waals surface area (Å²) in [7, 11) is 0.